The first-order valence-electron chi connectivity index (χ1n) is 9.96. The van der Waals surface area contributed by atoms with E-state index in [1.165, 1.54) is 18.4 Å². The first-order chi connectivity index (χ1) is 12.6. The van der Waals surface area contributed by atoms with Gasteiger partial charge in [-0.05, 0) is 43.9 Å². The molecular formula is C21H32FN3O. The largest absolute Gasteiger partial charge is 0.381 e. The number of hydrogen-bond acceptors (Lipinski definition) is 2. The van der Waals surface area contributed by atoms with E-state index in [1.807, 2.05) is 12.1 Å². The highest BCUT2D eigenvalue weighted by Crippen LogP contribution is 2.41. The number of benzene rings is 1. The number of nitrogens with zero attached hydrogens (tertiary/aromatic N) is 2. The predicted molar refractivity (Wildman–Crippen MR) is 104 cm³/mol. The van der Waals surface area contributed by atoms with Gasteiger partial charge in [0.05, 0.1) is 13.2 Å². The van der Waals surface area contributed by atoms with Crippen LogP contribution >= 0.6 is 0 Å². The van der Waals surface area contributed by atoms with Crippen LogP contribution in [0.5, 0.6) is 0 Å². The summed E-state index contributed by atoms with van der Waals surface area (Å²) in [6.45, 7) is 6.41. The van der Waals surface area contributed by atoms with Crippen molar-refractivity contribution in [1.82, 2.24) is 10.2 Å². The number of ether oxygens (including phenoxy) is 1. The number of nitrogens with one attached hydrogen (secondary N) is 1. The maximum Gasteiger partial charge on any atom is 0.193 e. The van der Waals surface area contributed by atoms with Crippen molar-refractivity contribution in [3.8, 4) is 0 Å². The van der Waals surface area contributed by atoms with E-state index in [-0.39, 0.29) is 11.2 Å². The number of guanidine groups is 1. The van der Waals surface area contributed by atoms with Crippen LogP contribution < -0.4 is 5.32 Å². The summed E-state index contributed by atoms with van der Waals surface area (Å²) in [6, 6.07) is 7.05. The summed E-state index contributed by atoms with van der Waals surface area (Å²) in [6.07, 6.45) is 5.82. The molecule has 144 valence electrons. The Morgan fingerprint density at radius 1 is 1.31 bits per heavy atom. The SMILES string of the molecule is CCNC(=NCC1(c2ccc(F)cc2)CCCC1)N(C)CC1CCOC1. The minimum absolute atomic E-state index is 0.0473. The molecule has 0 amide bonds. The Bertz CT molecular complexity index is 590. The molecule has 1 heterocycles. The molecular weight excluding hydrogens is 329 g/mol. The fourth-order valence-electron chi connectivity index (χ4n) is 4.29. The molecule has 1 atom stereocenters. The third-order valence-corrected chi connectivity index (χ3v) is 5.80. The lowest BCUT2D eigenvalue weighted by molar-refractivity contribution is 0.181. The van der Waals surface area contributed by atoms with E-state index in [9.17, 15) is 4.39 Å². The second-order valence-corrected chi connectivity index (χ2v) is 7.77. The van der Waals surface area contributed by atoms with Gasteiger partial charge in [-0.25, -0.2) is 4.39 Å². The van der Waals surface area contributed by atoms with Crippen molar-refractivity contribution in [3.05, 3.63) is 35.6 Å². The van der Waals surface area contributed by atoms with Crippen LogP contribution in [0.25, 0.3) is 0 Å². The highest BCUT2D eigenvalue weighted by molar-refractivity contribution is 5.79. The minimum atomic E-state index is -0.169. The monoisotopic (exact) mass is 361 g/mol. The molecule has 26 heavy (non-hydrogen) atoms. The minimum Gasteiger partial charge on any atom is -0.381 e. The zero-order chi connectivity index (χ0) is 18.4. The summed E-state index contributed by atoms with van der Waals surface area (Å²) in [4.78, 5) is 7.24. The standard InChI is InChI=1S/C21H32FN3O/c1-3-23-20(25(2)14-17-10-13-26-15-17)24-16-21(11-4-5-12-21)18-6-8-19(22)9-7-18/h6-9,17H,3-5,10-16H2,1-2H3,(H,23,24). The van der Waals surface area contributed by atoms with Crippen LogP contribution in [0.4, 0.5) is 4.39 Å². The van der Waals surface area contributed by atoms with E-state index >= 15 is 0 Å². The number of hydrogen-bond donors (Lipinski definition) is 1. The number of rotatable bonds is 6. The first kappa shape index (κ1) is 19.2. The van der Waals surface area contributed by atoms with Crippen molar-refractivity contribution >= 4 is 5.96 Å². The van der Waals surface area contributed by atoms with Crippen molar-refractivity contribution in [2.75, 3.05) is 39.9 Å². The highest BCUT2D eigenvalue weighted by Gasteiger charge is 2.35. The Morgan fingerprint density at radius 3 is 2.65 bits per heavy atom. The van der Waals surface area contributed by atoms with Crippen LogP contribution in [-0.4, -0.2) is 50.8 Å². The third kappa shape index (κ3) is 4.56. The molecule has 2 aliphatic rings. The molecule has 0 bridgehead atoms. The Kier molecular flexibility index (Phi) is 6.52. The van der Waals surface area contributed by atoms with Gasteiger partial charge in [-0.1, -0.05) is 25.0 Å². The van der Waals surface area contributed by atoms with E-state index in [4.69, 9.17) is 9.73 Å². The highest BCUT2D eigenvalue weighted by atomic mass is 19.1. The molecule has 1 aromatic carbocycles. The van der Waals surface area contributed by atoms with Crippen molar-refractivity contribution in [1.29, 1.82) is 0 Å². The van der Waals surface area contributed by atoms with E-state index in [0.717, 1.165) is 58.1 Å². The molecule has 1 unspecified atom stereocenters. The Balaban J connectivity index is 1.74. The summed E-state index contributed by atoms with van der Waals surface area (Å²) in [5, 5.41) is 3.43. The van der Waals surface area contributed by atoms with Crippen LogP contribution in [0.1, 0.15) is 44.6 Å². The second-order valence-electron chi connectivity index (χ2n) is 7.77. The molecule has 4 nitrogen and oxygen atoms in total. The maximum atomic E-state index is 13.4. The van der Waals surface area contributed by atoms with Gasteiger partial charge in [0.1, 0.15) is 5.82 Å². The quantitative estimate of drug-likeness (QED) is 0.622. The number of halogens is 1. The van der Waals surface area contributed by atoms with Gasteiger partial charge in [-0.3, -0.25) is 4.99 Å². The van der Waals surface area contributed by atoms with Crippen LogP contribution in [0.15, 0.2) is 29.3 Å². The first-order valence-corrected chi connectivity index (χ1v) is 9.96. The van der Waals surface area contributed by atoms with E-state index in [2.05, 4.69) is 24.2 Å². The molecule has 2 fully saturated rings. The predicted octanol–water partition coefficient (Wildman–Crippen LogP) is 3.57. The molecule has 1 saturated heterocycles. The molecule has 0 aromatic heterocycles. The molecule has 5 heteroatoms. The molecule has 0 spiro atoms. The molecule has 1 N–H and O–H groups in total. The van der Waals surface area contributed by atoms with Gasteiger partial charge in [0.2, 0.25) is 0 Å². The fourth-order valence-corrected chi connectivity index (χ4v) is 4.29. The zero-order valence-electron chi connectivity index (χ0n) is 16.1. The average molecular weight is 362 g/mol. The number of aliphatic imine (C=N–C) groups is 1. The van der Waals surface area contributed by atoms with Crippen LogP contribution in [0, 0.1) is 11.7 Å². The van der Waals surface area contributed by atoms with Gasteiger partial charge in [0.25, 0.3) is 0 Å². The molecule has 0 radical (unpaired) electrons. The van der Waals surface area contributed by atoms with Crippen LogP contribution in [0.3, 0.4) is 0 Å². The molecule has 1 aliphatic heterocycles. The molecule has 1 aliphatic carbocycles. The van der Waals surface area contributed by atoms with Crippen LogP contribution in [-0.2, 0) is 10.2 Å². The normalized spacial score (nSPS) is 22.6. The lowest BCUT2D eigenvalue weighted by Crippen LogP contribution is -2.42. The third-order valence-electron chi connectivity index (χ3n) is 5.80. The topological polar surface area (TPSA) is 36.9 Å². The summed E-state index contributed by atoms with van der Waals surface area (Å²) < 4.78 is 18.9. The van der Waals surface area contributed by atoms with Crippen molar-refractivity contribution in [2.24, 2.45) is 10.9 Å². The van der Waals surface area contributed by atoms with Crippen molar-refractivity contribution < 1.29 is 9.13 Å². The van der Waals surface area contributed by atoms with Gasteiger partial charge in [0.15, 0.2) is 5.96 Å². The molecule has 1 aromatic rings. The van der Waals surface area contributed by atoms with Gasteiger partial charge < -0.3 is 15.0 Å². The molecule has 1 saturated carbocycles. The molecule has 3 rings (SSSR count). The van der Waals surface area contributed by atoms with Gasteiger partial charge in [0, 0.05) is 38.1 Å². The summed E-state index contributed by atoms with van der Waals surface area (Å²) in [5.41, 5.74) is 1.27. The van der Waals surface area contributed by atoms with Gasteiger partial charge >= 0.3 is 0 Å². The van der Waals surface area contributed by atoms with Gasteiger partial charge in [-0.2, -0.15) is 0 Å². The lowest BCUT2D eigenvalue weighted by atomic mass is 9.79. The average Bonchev–Trinajstić information content (AvgIpc) is 3.32. The Morgan fingerprint density at radius 2 is 2.04 bits per heavy atom. The van der Waals surface area contributed by atoms with E-state index < -0.39 is 0 Å². The smallest absolute Gasteiger partial charge is 0.193 e. The van der Waals surface area contributed by atoms with E-state index in [1.54, 1.807) is 12.1 Å². The Labute approximate surface area is 156 Å². The maximum absolute atomic E-state index is 13.4. The summed E-state index contributed by atoms with van der Waals surface area (Å²) >= 11 is 0. The second kappa shape index (κ2) is 8.85. The lowest BCUT2D eigenvalue weighted by Gasteiger charge is -2.30. The van der Waals surface area contributed by atoms with E-state index in [0.29, 0.717) is 5.92 Å². The fraction of sp³-hybridized carbons (Fsp3) is 0.667. The summed E-state index contributed by atoms with van der Waals surface area (Å²) in [7, 11) is 2.11. The van der Waals surface area contributed by atoms with Crippen molar-refractivity contribution in [2.45, 2.75) is 44.4 Å². The van der Waals surface area contributed by atoms with Crippen LogP contribution in [0.2, 0.25) is 0 Å². The van der Waals surface area contributed by atoms with Crippen molar-refractivity contribution in [3.63, 3.8) is 0 Å². The zero-order valence-corrected chi connectivity index (χ0v) is 16.1. The summed E-state index contributed by atoms with van der Waals surface area (Å²) in [5.74, 6) is 1.38. The van der Waals surface area contributed by atoms with Gasteiger partial charge in [-0.15, -0.1) is 0 Å². The Hall–Kier alpha value is -1.62.